The normalized spacial score (nSPS) is 19.4. The topological polar surface area (TPSA) is 74.7 Å². The summed E-state index contributed by atoms with van der Waals surface area (Å²) in [6.07, 6.45) is 0.940. The van der Waals surface area contributed by atoms with Crippen LogP contribution in [0.4, 0.5) is 0 Å². The Kier molecular flexibility index (Phi) is 4.81. The molecule has 0 bridgehead atoms. The van der Waals surface area contributed by atoms with Crippen molar-refractivity contribution in [1.29, 1.82) is 0 Å². The van der Waals surface area contributed by atoms with E-state index in [0.717, 1.165) is 0 Å². The summed E-state index contributed by atoms with van der Waals surface area (Å²) in [6.45, 7) is 4.04. The molecule has 0 saturated carbocycles. The van der Waals surface area contributed by atoms with Gasteiger partial charge in [0.25, 0.3) is 0 Å². The van der Waals surface area contributed by atoms with Crippen LogP contribution in [0.3, 0.4) is 0 Å². The van der Waals surface area contributed by atoms with E-state index in [-0.39, 0.29) is 16.6 Å². The number of rotatable bonds is 4. The van der Waals surface area contributed by atoms with Crippen LogP contribution in [0, 0.1) is 5.92 Å². The zero-order valence-corrected chi connectivity index (χ0v) is 13.1. The number of carbonyl (C=O) groups is 1. The van der Waals surface area contributed by atoms with E-state index in [1.54, 1.807) is 6.92 Å². The Morgan fingerprint density at radius 1 is 1.24 bits per heavy atom. The smallest absolute Gasteiger partial charge is 0.243 e. The lowest BCUT2D eigenvalue weighted by Crippen LogP contribution is -2.40. The summed E-state index contributed by atoms with van der Waals surface area (Å²) in [5.41, 5.74) is 0.502. The quantitative estimate of drug-likeness (QED) is 0.858. The zero-order chi connectivity index (χ0) is 15.6. The average molecular weight is 311 g/mol. The number of aliphatic hydroxyl groups is 1. The minimum absolute atomic E-state index is 0.0864. The summed E-state index contributed by atoms with van der Waals surface area (Å²) in [5.74, 6) is 0.0771. The number of nitrogens with zero attached hydrogens (tertiary/aromatic N) is 1. The number of aliphatic hydroxyl groups excluding tert-OH is 1. The van der Waals surface area contributed by atoms with Crippen molar-refractivity contribution >= 4 is 15.8 Å². The van der Waals surface area contributed by atoms with Crippen LogP contribution < -0.4 is 0 Å². The first-order valence-electron chi connectivity index (χ1n) is 7.11. The molecule has 1 unspecified atom stereocenters. The molecule has 0 spiro atoms. The lowest BCUT2D eigenvalue weighted by atomic mass is 9.93. The minimum Gasteiger partial charge on any atom is -0.393 e. The summed E-state index contributed by atoms with van der Waals surface area (Å²) < 4.78 is 26.5. The fourth-order valence-electron chi connectivity index (χ4n) is 2.61. The number of sulfonamides is 1. The van der Waals surface area contributed by atoms with Crippen LogP contribution >= 0.6 is 0 Å². The second kappa shape index (κ2) is 6.25. The van der Waals surface area contributed by atoms with Gasteiger partial charge in [-0.05, 0) is 44.7 Å². The summed E-state index contributed by atoms with van der Waals surface area (Å²) in [7, 11) is -3.51. The molecule has 116 valence electrons. The molecule has 0 radical (unpaired) electrons. The van der Waals surface area contributed by atoms with Gasteiger partial charge < -0.3 is 5.11 Å². The second-order valence-corrected chi connectivity index (χ2v) is 7.50. The van der Waals surface area contributed by atoms with Crippen molar-refractivity contribution in [2.45, 2.75) is 37.7 Å². The maximum atomic E-state index is 12.5. The Morgan fingerprint density at radius 3 is 2.19 bits per heavy atom. The molecule has 1 saturated heterocycles. The summed E-state index contributed by atoms with van der Waals surface area (Å²) in [6, 6.07) is 6.04. The molecule has 21 heavy (non-hydrogen) atoms. The average Bonchev–Trinajstić information content (AvgIpc) is 2.47. The van der Waals surface area contributed by atoms with E-state index in [4.69, 9.17) is 0 Å². The van der Waals surface area contributed by atoms with Crippen LogP contribution in [0.25, 0.3) is 0 Å². The van der Waals surface area contributed by atoms with Gasteiger partial charge in [0.05, 0.1) is 11.0 Å². The molecule has 1 N–H and O–H groups in total. The Bertz CT molecular complexity index is 599. The molecule has 1 heterocycles. The highest BCUT2D eigenvalue weighted by Crippen LogP contribution is 2.25. The van der Waals surface area contributed by atoms with Crippen molar-refractivity contribution in [1.82, 2.24) is 4.31 Å². The lowest BCUT2D eigenvalue weighted by Gasteiger charge is -2.32. The molecule has 1 aliphatic heterocycles. The molecule has 1 fully saturated rings. The summed E-state index contributed by atoms with van der Waals surface area (Å²) in [4.78, 5) is 11.4. The fourth-order valence-corrected chi connectivity index (χ4v) is 4.08. The molecule has 0 amide bonds. The highest BCUT2D eigenvalue weighted by molar-refractivity contribution is 7.89. The number of carbonyl (C=O) groups excluding carboxylic acids is 1. The van der Waals surface area contributed by atoms with Gasteiger partial charge in [-0.15, -0.1) is 0 Å². The molecule has 1 aromatic carbocycles. The zero-order valence-electron chi connectivity index (χ0n) is 12.3. The third-order valence-electron chi connectivity index (χ3n) is 4.08. The van der Waals surface area contributed by atoms with E-state index in [2.05, 4.69) is 0 Å². The van der Waals surface area contributed by atoms with Crippen molar-refractivity contribution in [3.8, 4) is 0 Å². The SMILES string of the molecule is CC(=O)c1ccc(S(=O)(=O)N2CCC(C(C)O)CC2)cc1. The van der Waals surface area contributed by atoms with Crippen LogP contribution in [-0.4, -0.2) is 42.8 Å². The van der Waals surface area contributed by atoms with E-state index in [1.807, 2.05) is 0 Å². The first-order chi connectivity index (χ1) is 9.82. The molecule has 1 aromatic rings. The predicted octanol–water partition coefficient (Wildman–Crippen LogP) is 1.67. The maximum Gasteiger partial charge on any atom is 0.243 e. The molecule has 1 aliphatic rings. The standard InChI is InChI=1S/C15H21NO4S/c1-11(17)13-3-5-15(6-4-13)21(19,20)16-9-7-14(8-10-16)12(2)18/h3-6,12,14,18H,7-10H2,1-2H3. The highest BCUT2D eigenvalue weighted by Gasteiger charge is 2.30. The number of ketones is 1. The number of Topliss-reactive ketones (excluding diaryl/α,β-unsaturated/α-hetero) is 1. The molecule has 0 aromatic heterocycles. The third-order valence-corrected chi connectivity index (χ3v) is 5.99. The van der Waals surface area contributed by atoms with Crippen LogP contribution in [0.2, 0.25) is 0 Å². The number of piperidine rings is 1. The van der Waals surface area contributed by atoms with Gasteiger partial charge in [0, 0.05) is 18.7 Å². The van der Waals surface area contributed by atoms with Crippen molar-refractivity contribution in [3.63, 3.8) is 0 Å². The van der Waals surface area contributed by atoms with Crippen LogP contribution in [0.5, 0.6) is 0 Å². The van der Waals surface area contributed by atoms with Crippen LogP contribution in [-0.2, 0) is 10.0 Å². The van der Waals surface area contributed by atoms with Crippen molar-refractivity contribution < 1.29 is 18.3 Å². The van der Waals surface area contributed by atoms with Crippen molar-refractivity contribution in [2.75, 3.05) is 13.1 Å². The number of hydrogen-bond acceptors (Lipinski definition) is 4. The largest absolute Gasteiger partial charge is 0.393 e. The Balaban J connectivity index is 2.13. The molecule has 1 atom stereocenters. The first kappa shape index (κ1) is 16.1. The second-order valence-electron chi connectivity index (χ2n) is 5.56. The Labute approximate surface area is 125 Å². The maximum absolute atomic E-state index is 12.5. The van der Waals surface area contributed by atoms with Gasteiger partial charge >= 0.3 is 0 Å². The number of hydrogen-bond donors (Lipinski definition) is 1. The van der Waals surface area contributed by atoms with Gasteiger partial charge in [0.2, 0.25) is 10.0 Å². The van der Waals surface area contributed by atoms with Crippen LogP contribution in [0.15, 0.2) is 29.2 Å². The molecular formula is C15H21NO4S. The molecular weight excluding hydrogens is 290 g/mol. The molecule has 2 rings (SSSR count). The summed E-state index contributed by atoms with van der Waals surface area (Å²) in [5, 5.41) is 9.57. The number of benzene rings is 1. The third kappa shape index (κ3) is 3.51. The first-order valence-corrected chi connectivity index (χ1v) is 8.55. The molecule has 6 heteroatoms. The van der Waals surface area contributed by atoms with Crippen molar-refractivity contribution in [2.24, 2.45) is 5.92 Å². The van der Waals surface area contributed by atoms with Gasteiger partial charge in [-0.1, -0.05) is 12.1 Å². The van der Waals surface area contributed by atoms with Crippen molar-refractivity contribution in [3.05, 3.63) is 29.8 Å². The van der Waals surface area contributed by atoms with E-state index < -0.39 is 16.1 Å². The molecule has 0 aliphatic carbocycles. The predicted molar refractivity (Wildman–Crippen MR) is 79.6 cm³/mol. The fraction of sp³-hybridized carbons (Fsp3) is 0.533. The monoisotopic (exact) mass is 311 g/mol. The highest BCUT2D eigenvalue weighted by atomic mass is 32.2. The van der Waals surface area contributed by atoms with Gasteiger partial charge in [-0.2, -0.15) is 4.31 Å². The van der Waals surface area contributed by atoms with E-state index in [1.165, 1.54) is 35.5 Å². The van der Waals surface area contributed by atoms with Gasteiger partial charge in [0.15, 0.2) is 5.78 Å². The van der Waals surface area contributed by atoms with Gasteiger partial charge in [-0.25, -0.2) is 8.42 Å². The van der Waals surface area contributed by atoms with Gasteiger partial charge in [0.1, 0.15) is 0 Å². The lowest BCUT2D eigenvalue weighted by molar-refractivity contribution is 0.0912. The van der Waals surface area contributed by atoms with E-state index >= 15 is 0 Å². The molecule has 5 nitrogen and oxygen atoms in total. The summed E-state index contributed by atoms with van der Waals surface area (Å²) >= 11 is 0. The minimum atomic E-state index is -3.51. The van der Waals surface area contributed by atoms with Crippen LogP contribution in [0.1, 0.15) is 37.0 Å². The van der Waals surface area contributed by atoms with E-state index in [0.29, 0.717) is 31.5 Å². The Morgan fingerprint density at radius 2 is 1.76 bits per heavy atom. The van der Waals surface area contributed by atoms with E-state index in [9.17, 15) is 18.3 Å². The Hall–Kier alpha value is -1.24. The van der Waals surface area contributed by atoms with Gasteiger partial charge in [-0.3, -0.25) is 4.79 Å².